The summed E-state index contributed by atoms with van der Waals surface area (Å²) in [5.74, 6) is 6.76. The molecule has 0 saturated carbocycles. The van der Waals surface area contributed by atoms with E-state index in [1.165, 1.54) is 33.4 Å². The van der Waals surface area contributed by atoms with E-state index in [-0.39, 0.29) is 5.41 Å². The van der Waals surface area contributed by atoms with Crippen LogP contribution in [0.4, 0.5) is 25.2 Å². The summed E-state index contributed by atoms with van der Waals surface area (Å²) in [5.41, 5.74) is 9.28. The molecule has 1 heterocycles. The first-order valence-corrected chi connectivity index (χ1v) is 18.3. The Morgan fingerprint density at radius 1 is 0.451 bits per heavy atom. The molecule has 0 aliphatic rings. The fourth-order valence-electron chi connectivity index (χ4n) is 5.98. The number of aromatic nitrogens is 1. The van der Waals surface area contributed by atoms with E-state index in [0.29, 0.717) is 0 Å². The van der Waals surface area contributed by atoms with E-state index in [1.807, 2.05) is 0 Å². The Morgan fingerprint density at radius 2 is 0.784 bits per heavy atom. The normalized spacial score (nSPS) is 13.0. The van der Waals surface area contributed by atoms with E-state index in [9.17, 15) is 25.2 Å². The fourth-order valence-corrected chi connectivity index (χ4v) is 5.98. The van der Waals surface area contributed by atoms with Gasteiger partial charge < -0.3 is 0 Å². The molecule has 0 aliphatic heterocycles. The monoisotopic (exact) mass is 713 g/mol. The molecule has 5 aromatic carbocycles. The van der Waals surface area contributed by atoms with Crippen LogP contribution in [0.5, 0.6) is 0 Å². The molecule has 8 heteroatoms. The summed E-state index contributed by atoms with van der Waals surface area (Å²) >= 11 is 0. The average molecular weight is 714 g/mol. The van der Waals surface area contributed by atoms with Crippen molar-refractivity contribution in [3.05, 3.63) is 209 Å². The molecule has 1 nitrogen and oxygen atoms in total. The molecule has 51 heavy (non-hydrogen) atoms. The molecule has 0 aliphatic carbocycles. The molecule has 1 aromatic heterocycles. The predicted molar refractivity (Wildman–Crippen MR) is 195 cm³/mol. The van der Waals surface area contributed by atoms with Crippen molar-refractivity contribution in [3.63, 3.8) is 0 Å². The zero-order chi connectivity index (χ0) is 36.8. The third-order valence-electron chi connectivity index (χ3n) is 8.37. The number of pyridine rings is 1. The molecule has 0 atom stereocenters. The van der Waals surface area contributed by atoms with Gasteiger partial charge in [0.15, 0.2) is 18.9 Å². The second-order valence-corrected chi connectivity index (χ2v) is 15.3. The van der Waals surface area contributed by atoms with Crippen LogP contribution in [0.3, 0.4) is 0 Å². The van der Waals surface area contributed by atoms with Gasteiger partial charge in [-0.15, -0.1) is 0 Å². The maximum atomic E-state index is 9.87. The van der Waals surface area contributed by atoms with Crippen LogP contribution < -0.4 is 4.57 Å². The molecule has 0 saturated heterocycles. The van der Waals surface area contributed by atoms with E-state index in [0.717, 1.165) is 17.7 Å². The van der Waals surface area contributed by atoms with Crippen molar-refractivity contribution < 1.29 is 29.7 Å². The molecule has 0 amide bonds. The zero-order valence-electron chi connectivity index (χ0n) is 28.5. The summed E-state index contributed by atoms with van der Waals surface area (Å²) in [6.45, 7) is 7.58. The minimum absolute atomic E-state index is 0.168. The topological polar surface area (TPSA) is 3.88 Å². The third-order valence-corrected chi connectivity index (χ3v) is 8.37. The van der Waals surface area contributed by atoms with Crippen molar-refractivity contribution in [1.29, 1.82) is 0 Å². The van der Waals surface area contributed by atoms with Crippen molar-refractivity contribution in [2.45, 2.75) is 38.1 Å². The first-order valence-electron chi connectivity index (χ1n) is 16.3. The van der Waals surface area contributed by atoms with Gasteiger partial charge in [-0.3, -0.25) is 0 Å². The van der Waals surface area contributed by atoms with Crippen molar-refractivity contribution >= 4 is 7.81 Å². The van der Waals surface area contributed by atoms with Crippen LogP contribution in [0.15, 0.2) is 164 Å². The maximum absolute atomic E-state index is 10.7. The van der Waals surface area contributed by atoms with Crippen molar-refractivity contribution in [3.8, 4) is 11.8 Å². The second-order valence-electron chi connectivity index (χ2n) is 13.3. The first-order chi connectivity index (χ1) is 23.9. The number of benzene rings is 5. The fraction of sp³-hybridized carbons (Fsp3) is 0.140. The summed E-state index contributed by atoms with van der Waals surface area (Å²) in [6.07, 6.45) is 4.22. The molecule has 0 unspecified atom stereocenters. The van der Waals surface area contributed by atoms with E-state index in [4.69, 9.17) is 0 Å². The van der Waals surface area contributed by atoms with Gasteiger partial charge >= 0.3 is 33.0 Å². The van der Waals surface area contributed by atoms with Gasteiger partial charge in [-0.2, -0.15) is 0 Å². The number of rotatable bonds is 6. The van der Waals surface area contributed by atoms with Crippen LogP contribution in [0.25, 0.3) is 0 Å². The first kappa shape index (κ1) is 37.1. The van der Waals surface area contributed by atoms with Crippen LogP contribution in [-0.4, -0.2) is 0 Å². The average Bonchev–Trinajstić information content (AvgIpc) is 3.09. The Hall–Kier alpha value is -5.18. The van der Waals surface area contributed by atoms with Gasteiger partial charge in [-0.05, 0) is 45.4 Å². The summed E-state index contributed by atoms with van der Waals surface area (Å²) in [6, 6.07) is 54.3. The molecule has 6 aromatic rings. The number of hydrogen-bond donors (Lipinski definition) is 0. The van der Waals surface area contributed by atoms with Crippen LogP contribution in [-0.2, 0) is 17.4 Å². The molecular formula is C43H38F6NP. The Morgan fingerprint density at radius 3 is 1.16 bits per heavy atom. The van der Waals surface area contributed by atoms with Gasteiger partial charge in [0.25, 0.3) is 0 Å². The SMILES string of the molecule is CC(C)(C)c1ccc(C[n+]2ccc(C#Cc3ccc(C(c4ccccc4)(c4ccccc4)c4ccccc4)cc3)cc2)cc1.F[P-](F)(F)(F)(F)F. The van der Waals surface area contributed by atoms with Crippen molar-refractivity contribution in [1.82, 2.24) is 0 Å². The summed E-state index contributed by atoms with van der Waals surface area (Å²) in [5, 5.41) is 0. The molecule has 0 N–H and O–H groups in total. The van der Waals surface area contributed by atoms with Crippen LogP contribution in [0, 0.1) is 11.8 Å². The quantitative estimate of drug-likeness (QED) is 0.0532. The molecule has 0 fully saturated rings. The Bertz CT molecular complexity index is 1990. The van der Waals surface area contributed by atoms with Gasteiger partial charge in [-0.1, -0.05) is 160 Å². The van der Waals surface area contributed by atoms with E-state index >= 15 is 0 Å². The molecule has 262 valence electrons. The van der Waals surface area contributed by atoms with Gasteiger partial charge in [0, 0.05) is 28.8 Å². The second kappa shape index (κ2) is 13.9. The van der Waals surface area contributed by atoms with E-state index < -0.39 is 13.2 Å². The molecule has 0 radical (unpaired) electrons. The summed E-state index contributed by atoms with van der Waals surface area (Å²) < 4.78 is 61.4. The summed E-state index contributed by atoms with van der Waals surface area (Å²) in [7, 11) is -10.7. The van der Waals surface area contributed by atoms with E-state index in [2.05, 4.69) is 201 Å². The van der Waals surface area contributed by atoms with Gasteiger partial charge in [-0.25, -0.2) is 4.57 Å². The molecular weight excluding hydrogens is 675 g/mol. The molecule has 0 bridgehead atoms. The number of halogens is 6. The Labute approximate surface area is 295 Å². The van der Waals surface area contributed by atoms with Gasteiger partial charge in [0.2, 0.25) is 0 Å². The van der Waals surface area contributed by atoms with Gasteiger partial charge in [0.05, 0.1) is 5.41 Å². The van der Waals surface area contributed by atoms with Gasteiger partial charge in [0.1, 0.15) is 0 Å². The summed E-state index contributed by atoms with van der Waals surface area (Å²) in [4.78, 5) is 0. The van der Waals surface area contributed by atoms with Crippen LogP contribution in [0.2, 0.25) is 0 Å². The molecule has 6 rings (SSSR count). The minimum atomic E-state index is -10.7. The van der Waals surface area contributed by atoms with Crippen LogP contribution >= 0.6 is 7.81 Å². The van der Waals surface area contributed by atoms with Crippen molar-refractivity contribution in [2.75, 3.05) is 0 Å². The van der Waals surface area contributed by atoms with Crippen LogP contribution in [0.1, 0.15) is 65.3 Å². The van der Waals surface area contributed by atoms with E-state index in [1.54, 1.807) is 0 Å². The Balaban J connectivity index is 0.000000654. The van der Waals surface area contributed by atoms with Crippen molar-refractivity contribution in [2.24, 2.45) is 0 Å². The standard InChI is InChI=1S/C43H38N.F6P/c1-42(2,3)37-25-23-36(24-26-37)33-44-31-29-35(30-32-44)20-19-34-21-27-41(28-22-34)43(38-13-7-4-8-14-38,39-15-9-5-10-16-39)40-17-11-6-12-18-40;1-7(2,3,4,5)6/h4-18,21-32H,33H2,1-3H3;/q+1;-1. The third kappa shape index (κ3) is 10.7. The zero-order valence-corrected chi connectivity index (χ0v) is 29.4. The number of hydrogen-bond acceptors (Lipinski definition) is 0. The molecule has 0 spiro atoms. The number of nitrogens with zero attached hydrogens (tertiary/aromatic N) is 1. The Kier molecular flexibility index (Phi) is 10.1. The predicted octanol–water partition coefficient (Wildman–Crippen LogP) is 12.5.